The second-order valence-electron chi connectivity index (χ2n) is 4.83. The Morgan fingerprint density at radius 3 is 2.38 bits per heavy atom. The summed E-state index contributed by atoms with van der Waals surface area (Å²) in [6.45, 7) is 0.864. The molecule has 1 aliphatic heterocycles. The Balaban J connectivity index is 1.75. The molecule has 4 nitrogen and oxygen atoms in total. The number of nitrogens with one attached hydrogen (secondary N) is 1. The van der Waals surface area contributed by atoms with Crippen LogP contribution in [0.5, 0.6) is 11.5 Å². The van der Waals surface area contributed by atoms with E-state index in [4.69, 9.17) is 21.1 Å². The number of alkyl halides is 2. The predicted molar refractivity (Wildman–Crippen MR) is 88.7 cm³/mol. The van der Waals surface area contributed by atoms with E-state index in [1.165, 1.54) is 24.3 Å². The number of anilines is 1. The highest BCUT2D eigenvalue weighted by atomic mass is 35.5. The van der Waals surface area contributed by atoms with Gasteiger partial charge in [-0.15, -0.1) is 0 Å². The van der Waals surface area contributed by atoms with Gasteiger partial charge in [-0.2, -0.15) is 8.78 Å². The number of benzene rings is 2. The Morgan fingerprint density at radius 1 is 1.12 bits per heavy atom. The van der Waals surface area contributed by atoms with Crippen LogP contribution >= 0.6 is 23.4 Å². The summed E-state index contributed by atoms with van der Waals surface area (Å²) in [5.74, 6) is -1.87. The smallest absolute Gasteiger partial charge is 0.288 e. The summed E-state index contributed by atoms with van der Waals surface area (Å²) in [5.41, 5.74) is 0.719. The van der Waals surface area contributed by atoms with Crippen LogP contribution in [0.3, 0.4) is 0 Å². The van der Waals surface area contributed by atoms with Crippen LogP contribution < -0.4 is 14.8 Å². The average molecular weight is 372 g/mol. The summed E-state index contributed by atoms with van der Waals surface area (Å²) in [6, 6.07) is 9.07. The Bertz CT molecular complexity index is 756. The van der Waals surface area contributed by atoms with Crippen LogP contribution in [0.25, 0.3) is 0 Å². The van der Waals surface area contributed by atoms with E-state index in [2.05, 4.69) is 5.32 Å². The van der Waals surface area contributed by atoms with Gasteiger partial charge in [-0.05, 0) is 24.3 Å². The first-order valence-corrected chi connectivity index (χ1v) is 8.24. The Kier molecular flexibility index (Phi) is 5.11. The molecule has 1 N–H and O–H groups in total. The fraction of sp³-hybridized carbons (Fsp3) is 0.188. The van der Waals surface area contributed by atoms with Gasteiger partial charge in [-0.25, -0.2) is 0 Å². The molecule has 8 heteroatoms. The number of carbonyl (C=O) groups excluding carboxylic acids is 1. The summed E-state index contributed by atoms with van der Waals surface area (Å²) in [7, 11) is 0. The van der Waals surface area contributed by atoms with Crippen molar-refractivity contribution < 1.29 is 23.0 Å². The number of hydrogen-bond donors (Lipinski definition) is 1. The number of halogens is 3. The molecular formula is C16H12ClF2NO3S. The summed E-state index contributed by atoms with van der Waals surface area (Å²) in [6.07, 6.45) is 0. The van der Waals surface area contributed by atoms with Gasteiger partial charge in [0.05, 0.1) is 10.7 Å². The molecule has 0 radical (unpaired) electrons. The average Bonchev–Trinajstić information content (AvgIpc) is 2.55. The number of fused-ring (bicyclic) bond motifs is 1. The van der Waals surface area contributed by atoms with Gasteiger partial charge in [0.15, 0.2) is 11.5 Å². The van der Waals surface area contributed by atoms with Crippen molar-refractivity contribution in [3.63, 3.8) is 0 Å². The van der Waals surface area contributed by atoms with Crippen molar-refractivity contribution in [2.75, 3.05) is 18.5 Å². The van der Waals surface area contributed by atoms with Crippen molar-refractivity contribution in [1.29, 1.82) is 0 Å². The van der Waals surface area contributed by atoms with E-state index < -0.39 is 11.7 Å². The molecule has 0 aliphatic carbocycles. The quantitative estimate of drug-likeness (QED) is 0.793. The second kappa shape index (κ2) is 7.27. The summed E-state index contributed by atoms with van der Waals surface area (Å²) >= 11 is 6.56. The molecule has 3 rings (SSSR count). The highest BCUT2D eigenvalue weighted by Gasteiger charge is 2.17. The van der Waals surface area contributed by atoms with Gasteiger partial charge in [-0.3, -0.25) is 4.79 Å². The van der Waals surface area contributed by atoms with E-state index in [9.17, 15) is 13.6 Å². The second-order valence-corrected chi connectivity index (χ2v) is 6.30. The zero-order valence-electron chi connectivity index (χ0n) is 12.2. The third kappa shape index (κ3) is 3.91. The lowest BCUT2D eigenvalue weighted by atomic mass is 10.2. The minimum Gasteiger partial charge on any atom is -0.486 e. The van der Waals surface area contributed by atoms with E-state index >= 15 is 0 Å². The molecule has 0 unspecified atom stereocenters. The topological polar surface area (TPSA) is 47.6 Å². The molecular weight excluding hydrogens is 360 g/mol. The molecule has 0 fully saturated rings. The number of rotatable bonds is 4. The van der Waals surface area contributed by atoms with Crippen molar-refractivity contribution in [3.05, 3.63) is 47.0 Å². The Labute approximate surface area is 146 Å². The SMILES string of the molecule is O=C(Nc1cc2c(cc1Cl)OCCO2)c1ccc(SC(F)F)cc1. The van der Waals surface area contributed by atoms with Crippen molar-refractivity contribution in [2.24, 2.45) is 0 Å². The molecule has 0 spiro atoms. The zero-order chi connectivity index (χ0) is 17.1. The van der Waals surface area contributed by atoms with Crippen LogP contribution in [-0.4, -0.2) is 24.9 Å². The summed E-state index contributed by atoms with van der Waals surface area (Å²) < 4.78 is 35.5. The monoisotopic (exact) mass is 371 g/mol. The van der Waals surface area contributed by atoms with Crippen molar-refractivity contribution in [1.82, 2.24) is 0 Å². The Hall–Kier alpha value is -1.99. The highest BCUT2D eigenvalue weighted by Crippen LogP contribution is 2.38. The minimum atomic E-state index is -2.50. The molecule has 2 aromatic rings. The number of amides is 1. The highest BCUT2D eigenvalue weighted by molar-refractivity contribution is 7.99. The van der Waals surface area contributed by atoms with E-state index in [0.717, 1.165) is 0 Å². The largest absolute Gasteiger partial charge is 0.486 e. The van der Waals surface area contributed by atoms with Crippen LogP contribution in [0, 0.1) is 0 Å². The van der Waals surface area contributed by atoms with Crippen LogP contribution in [0.2, 0.25) is 5.02 Å². The first-order valence-electron chi connectivity index (χ1n) is 6.98. The van der Waals surface area contributed by atoms with Crippen molar-refractivity contribution in [3.8, 4) is 11.5 Å². The normalized spacial score (nSPS) is 13.0. The number of hydrogen-bond acceptors (Lipinski definition) is 4. The molecule has 0 saturated carbocycles. The summed E-state index contributed by atoms with van der Waals surface area (Å²) in [4.78, 5) is 12.7. The molecule has 1 aliphatic rings. The molecule has 1 amide bonds. The van der Waals surface area contributed by atoms with E-state index in [1.807, 2.05) is 0 Å². The standard InChI is InChI=1S/C16H12ClF2NO3S/c17-11-7-13-14(23-6-5-22-13)8-12(11)20-15(21)9-1-3-10(4-2-9)24-16(18)19/h1-4,7-8,16H,5-6H2,(H,20,21). The van der Waals surface area contributed by atoms with Gasteiger partial charge in [0.1, 0.15) is 13.2 Å². The lowest BCUT2D eigenvalue weighted by molar-refractivity contribution is 0.102. The molecule has 0 bridgehead atoms. The van der Waals surface area contributed by atoms with Gasteiger partial charge in [0.2, 0.25) is 0 Å². The third-order valence-electron chi connectivity index (χ3n) is 3.22. The molecule has 0 aromatic heterocycles. The third-order valence-corrected chi connectivity index (χ3v) is 4.26. The molecule has 0 atom stereocenters. The lowest BCUT2D eigenvalue weighted by Crippen LogP contribution is -2.16. The fourth-order valence-corrected chi connectivity index (χ4v) is 2.84. The fourth-order valence-electron chi connectivity index (χ4n) is 2.14. The molecule has 24 heavy (non-hydrogen) atoms. The maximum atomic E-state index is 12.3. The molecule has 1 heterocycles. The molecule has 2 aromatic carbocycles. The van der Waals surface area contributed by atoms with Gasteiger partial charge in [0.25, 0.3) is 11.7 Å². The first-order chi connectivity index (χ1) is 11.5. The predicted octanol–water partition coefficient (Wildman–Crippen LogP) is 4.68. The van der Waals surface area contributed by atoms with Crippen molar-refractivity contribution in [2.45, 2.75) is 10.7 Å². The molecule has 0 saturated heterocycles. The first kappa shape index (κ1) is 16.9. The number of ether oxygens (including phenoxy) is 2. The van der Waals surface area contributed by atoms with Gasteiger partial charge in [0, 0.05) is 22.6 Å². The van der Waals surface area contributed by atoms with Crippen LogP contribution in [0.15, 0.2) is 41.3 Å². The van der Waals surface area contributed by atoms with E-state index in [-0.39, 0.29) is 0 Å². The van der Waals surface area contributed by atoms with Crippen LogP contribution in [-0.2, 0) is 0 Å². The molecule has 126 valence electrons. The number of thioether (sulfide) groups is 1. The van der Waals surface area contributed by atoms with Gasteiger partial charge in [-0.1, -0.05) is 23.4 Å². The van der Waals surface area contributed by atoms with Crippen LogP contribution in [0.4, 0.5) is 14.5 Å². The van der Waals surface area contributed by atoms with E-state index in [0.29, 0.717) is 57.6 Å². The van der Waals surface area contributed by atoms with Crippen LogP contribution in [0.1, 0.15) is 10.4 Å². The van der Waals surface area contributed by atoms with Gasteiger partial charge < -0.3 is 14.8 Å². The maximum absolute atomic E-state index is 12.3. The van der Waals surface area contributed by atoms with E-state index in [1.54, 1.807) is 12.1 Å². The number of carbonyl (C=O) groups is 1. The van der Waals surface area contributed by atoms with Crippen molar-refractivity contribution >= 4 is 35.0 Å². The minimum absolute atomic E-state index is 0.317. The lowest BCUT2D eigenvalue weighted by Gasteiger charge is -2.20. The zero-order valence-corrected chi connectivity index (χ0v) is 13.8. The summed E-state index contributed by atoms with van der Waals surface area (Å²) in [5, 5.41) is 2.99. The maximum Gasteiger partial charge on any atom is 0.288 e. The Morgan fingerprint density at radius 2 is 1.75 bits per heavy atom. The van der Waals surface area contributed by atoms with Gasteiger partial charge >= 0.3 is 0 Å².